The summed E-state index contributed by atoms with van der Waals surface area (Å²) in [5.41, 5.74) is 2.99. The molecule has 0 heterocycles. The van der Waals surface area contributed by atoms with Crippen LogP contribution in [0, 0.1) is 0 Å². The minimum absolute atomic E-state index is 0. The molecule has 1 rings (SSSR count). The van der Waals surface area contributed by atoms with E-state index in [0.717, 1.165) is 27.9 Å². The summed E-state index contributed by atoms with van der Waals surface area (Å²) in [6.45, 7) is 9.06. The molecule has 0 aliphatic carbocycles. The van der Waals surface area contributed by atoms with Crippen molar-refractivity contribution >= 4 is 30.7 Å². The van der Waals surface area contributed by atoms with E-state index in [1.54, 1.807) is 0 Å². The molecule has 0 saturated heterocycles. The summed E-state index contributed by atoms with van der Waals surface area (Å²) < 4.78 is 1.52. The molecule has 2 heteroatoms. The van der Waals surface area contributed by atoms with Crippen LogP contribution in [0.25, 0.3) is 0 Å². The monoisotopic (exact) mass is 242 g/mol. The summed E-state index contributed by atoms with van der Waals surface area (Å²) in [6.07, 6.45) is 0. The van der Waals surface area contributed by atoms with Crippen LogP contribution in [0.1, 0.15) is 50.7 Å². The van der Waals surface area contributed by atoms with Crippen molar-refractivity contribution in [3.63, 3.8) is 0 Å². The van der Waals surface area contributed by atoms with Gasteiger partial charge in [0.05, 0.1) is 0 Å². The SMILES string of the molecule is CC(C)c1c[c]([Na])cc(C(C)C)c1.[Ni]. The Balaban J connectivity index is 0.00000169. The largest absolute Gasteiger partial charge is 0 e. The van der Waals surface area contributed by atoms with E-state index in [1.807, 2.05) is 0 Å². The Bertz CT molecular complexity index is 266. The van der Waals surface area contributed by atoms with Crippen LogP contribution in [0.5, 0.6) is 0 Å². The van der Waals surface area contributed by atoms with Crippen molar-refractivity contribution in [2.45, 2.75) is 39.5 Å². The van der Waals surface area contributed by atoms with Crippen molar-refractivity contribution in [2.75, 3.05) is 0 Å². The summed E-state index contributed by atoms with van der Waals surface area (Å²) >= 11 is 1.16. The topological polar surface area (TPSA) is 0 Å². The average Bonchev–Trinajstić information content (AvgIpc) is 2.03. The Kier molecular flexibility index (Phi) is 6.65. The first kappa shape index (κ1) is 14.7. The van der Waals surface area contributed by atoms with Crippen molar-refractivity contribution in [3.05, 3.63) is 29.3 Å². The zero-order valence-electron chi connectivity index (χ0n) is 9.70. The first-order valence-electron chi connectivity index (χ1n) is 5.12. The van der Waals surface area contributed by atoms with Crippen LogP contribution in [-0.2, 0) is 16.5 Å². The molecule has 76 valence electrons. The van der Waals surface area contributed by atoms with E-state index >= 15 is 0 Å². The molecule has 0 fully saturated rings. The molecule has 0 aliphatic rings. The van der Waals surface area contributed by atoms with Crippen LogP contribution >= 0.6 is 0 Å². The van der Waals surface area contributed by atoms with Gasteiger partial charge in [-0.2, -0.15) is 0 Å². The zero-order chi connectivity index (χ0) is 10.0. The second kappa shape index (κ2) is 6.33. The van der Waals surface area contributed by atoms with Crippen LogP contribution in [0.4, 0.5) is 0 Å². The summed E-state index contributed by atoms with van der Waals surface area (Å²) in [5, 5.41) is 0. The maximum atomic E-state index is 2.36. The molecule has 0 unspecified atom stereocenters. The Morgan fingerprint density at radius 1 is 0.857 bits per heavy atom. The third-order valence-electron chi connectivity index (χ3n) is 2.46. The Morgan fingerprint density at radius 3 is 1.50 bits per heavy atom. The molecule has 1 aromatic carbocycles. The second-order valence-corrected chi connectivity index (χ2v) is 5.64. The zero-order valence-corrected chi connectivity index (χ0v) is 12.7. The van der Waals surface area contributed by atoms with Crippen molar-refractivity contribution < 1.29 is 16.5 Å². The van der Waals surface area contributed by atoms with Crippen molar-refractivity contribution in [1.29, 1.82) is 0 Å². The predicted molar refractivity (Wildman–Crippen MR) is 60.0 cm³/mol. The fraction of sp³-hybridized carbons (Fsp3) is 0.500. The van der Waals surface area contributed by atoms with Gasteiger partial charge in [-0.05, 0) is 0 Å². The first-order valence-corrected chi connectivity index (χ1v) is 6.12. The quantitative estimate of drug-likeness (QED) is 0.700. The molecular weight excluding hydrogens is 226 g/mol. The summed E-state index contributed by atoms with van der Waals surface area (Å²) in [7, 11) is 0. The van der Waals surface area contributed by atoms with Crippen LogP contribution in [0.15, 0.2) is 18.2 Å². The van der Waals surface area contributed by atoms with Gasteiger partial charge in [-0.3, -0.25) is 0 Å². The minimum Gasteiger partial charge on any atom is 0 e. The van der Waals surface area contributed by atoms with Gasteiger partial charge in [-0.25, -0.2) is 0 Å². The standard InChI is InChI=1S/C12H17.Na.Ni/c1-9(2)11-6-5-7-12(8-11)10(3)4;;/h6-10H,1-4H3;;. The molecular formula is C12H17NaNi. The number of hydrogen-bond donors (Lipinski definition) is 0. The van der Waals surface area contributed by atoms with Gasteiger partial charge in [-0.15, -0.1) is 0 Å². The van der Waals surface area contributed by atoms with E-state index < -0.39 is 0 Å². The summed E-state index contributed by atoms with van der Waals surface area (Å²) in [5.74, 6) is 1.32. The predicted octanol–water partition coefficient (Wildman–Crippen LogP) is 2.72. The fourth-order valence-electron chi connectivity index (χ4n) is 1.51. The summed E-state index contributed by atoms with van der Waals surface area (Å²) in [4.78, 5) is 0. The first-order chi connectivity index (χ1) is 6.00. The number of benzene rings is 1. The molecule has 0 atom stereocenters. The van der Waals surface area contributed by atoms with Gasteiger partial charge in [0, 0.05) is 16.5 Å². The van der Waals surface area contributed by atoms with E-state index in [-0.39, 0.29) is 16.5 Å². The molecule has 0 N–H and O–H groups in total. The molecule has 1 aromatic rings. The van der Waals surface area contributed by atoms with Crippen LogP contribution in [-0.4, -0.2) is 27.9 Å². The van der Waals surface area contributed by atoms with Crippen LogP contribution < -0.4 is 2.81 Å². The molecule has 0 aliphatic heterocycles. The molecule has 0 spiro atoms. The smallest absolute Gasteiger partial charge is 0 e. The minimum atomic E-state index is 0. The van der Waals surface area contributed by atoms with Crippen molar-refractivity contribution in [2.24, 2.45) is 0 Å². The van der Waals surface area contributed by atoms with Gasteiger partial charge in [0.2, 0.25) is 0 Å². The molecule has 0 nitrogen and oxygen atoms in total. The average molecular weight is 243 g/mol. The van der Waals surface area contributed by atoms with Crippen LogP contribution in [0.2, 0.25) is 0 Å². The van der Waals surface area contributed by atoms with E-state index in [9.17, 15) is 0 Å². The van der Waals surface area contributed by atoms with E-state index in [1.165, 1.54) is 13.9 Å². The van der Waals surface area contributed by atoms with Crippen molar-refractivity contribution in [3.8, 4) is 0 Å². The maximum Gasteiger partial charge on any atom is 0 e. The van der Waals surface area contributed by atoms with Crippen molar-refractivity contribution in [1.82, 2.24) is 0 Å². The van der Waals surface area contributed by atoms with E-state index in [2.05, 4.69) is 45.9 Å². The maximum absolute atomic E-state index is 2.36. The third kappa shape index (κ3) is 4.07. The molecule has 0 saturated carbocycles. The molecule has 0 amide bonds. The van der Waals surface area contributed by atoms with E-state index in [0.29, 0.717) is 11.8 Å². The van der Waals surface area contributed by atoms with E-state index in [4.69, 9.17) is 0 Å². The van der Waals surface area contributed by atoms with Gasteiger partial charge >= 0.3 is 99.6 Å². The Morgan fingerprint density at radius 2 is 1.21 bits per heavy atom. The van der Waals surface area contributed by atoms with Gasteiger partial charge in [0.15, 0.2) is 0 Å². The third-order valence-corrected chi connectivity index (χ3v) is 3.03. The molecule has 14 heavy (non-hydrogen) atoms. The second-order valence-electron chi connectivity index (χ2n) is 4.49. The molecule has 0 aromatic heterocycles. The molecule has 0 radical (unpaired) electrons. The molecule has 0 bridgehead atoms. The number of rotatable bonds is 2. The van der Waals surface area contributed by atoms with Gasteiger partial charge in [0.25, 0.3) is 0 Å². The summed E-state index contributed by atoms with van der Waals surface area (Å²) in [6, 6.07) is 7.06. The number of hydrogen-bond acceptors (Lipinski definition) is 0. The normalized spacial score (nSPS) is 10.6. The van der Waals surface area contributed by atoms with Gasteiger partial charge in [0.1, 0.15) is 0 Å². The van der Waals surface area contributed by atoms with Crippen LogP contribution in [0.3, 0.4) is 0 Å². The van der Waals surface area contributed by atoms with Gasteiger partial charge in [-0.1, -0.05) is 0 Å². The van der Waals surface area contributed by atoms with Gasteiger partial charge < -0.3 is 0 Å². The Labute approximate surface area is 115 Å². The fourth-order valence-corrected chi connectivity index (χ4v) is 2.18. The Hall–Kier alpha value is 0.714.